The number of ketones is 1. The lowest BCUT2D eigenvalue weighted by molar-refractivity contribution is -0.118. The van der Waals surface area contributed by atoms with Crippen molar-refractivity contribution in [3.8, 4) is 0 Å². The first-order valence-electron chi connectivity index (χ1n) is 10.4. The maximum Gasteiger partial charge on any atom is 0.136 e. The van der Waals surface area contributed by atoms with E-state index in [4.69, 9.17) is 0 Å². The van der Waals surface area contributed by atoms with Gasteiger partial charge in [-0.25, -0.2) is 0 Å². The van der Waals surface area contributed by atoms with Gasteiger partial charge < -0.3 is 0 Å². The molecular weight excluding hydrogens is 304 g/mol. The second-order valence-electron chi connectivity index (χ2n) is 7.72. The van der Waals surface area contributed by atoms with Crippen molar-refractivity contribution in [2.45, 2.75) is 112 Å². The maximum absolute atomic E-state index is 11.9. The van der Waals surface area contributed by atoms with Crippen LogP contribution in [0.1, 0.15) is 112 Å². The summed E-state index contributed by atoms with van der Waals surface area (Å²) in [5.74, 6) is 0.406. The highest BCUT2D eigenvalue weighted by molar-refractivity contribution is 5.79. The van der Waals surface area contributed by atoms with Gasteiger partial charge in [-0.3, -0.25) is 4.79 Å². The molecule has 0 aromatic carbocycles. The number of carbonyl (C=O) groups is 1. The molecule has 0 heterocycles. The highest BCUT2D eigenvalue weighted by Crippen LogP contribution is 2.13. The zero-order valence-corrected chi connectivity index (χ0v) is 17.6. The molecular formula is C24H42O. The van der Waals surface area contributed by atoms with Gasteiger partial charge in [-0.1, -0.05) is 74.0 Å². The van der Waals surface area contributed by atoms with Crippen LogP contribution in [-0.4, -0.2) is 5.78 Å². The van der Waals surface area contributed by atoms with E-state index in [1.165, 1.54) is 48.8 Å². The first kappa shape index (κ1) is 23.9. The lowest BCUT2D eigenvalue weighted by Gasteiger charge is -2.02. The summed E-state index contributed by atoms with van der Waals surface area (Å²) in [6.45, 7) is 10.9. The molecule has 0 aliphatic heterocycles. The zero-order valence-electron chi connectivity index (χ0n) is 17.6. The van der Waals surface area contributed by atoms with E-state index in [-0.39, 0.29) is 0 Å². The minimum atomic E-state index is 0.406. The summed E-state index contributed by atoms with van der Waals surface area (Å²) in [5, 5.41) is 0. The predicted molar refractivity (Wildman–Crippen MR) is 113 cm³/mol. The second-order valence-corrected chi connectivity index (χ2v) is 7.72. The Kier molecular flexibility index (Phi) is 15.6. The Hall–Kier alpha value is -1.11. The molecule has 0 aromatic rings. The molecule has 0 fully saturated rings. The summed E-state index contributed by atoms with van der Waals surface area (Å²) < 4.78 is 0. The van der Waals surface area contributed by atoms with Gasteiger partial charge in [0.05, 0.1) is 0 Å². The third kappa shape index (κ3) is 17.5. The Morgan fingerprint density at radius 2 is 1.24 bits per heavy atom. The Balaban J connectivity index is 3.82. The van der Waals surface area contributed by atoms with Crippen LogP contribution in [-0.2, 0) is 4.79 Å². The standard InChI is InChI=1S/C24H42O/c1-6-7-8-9-10-11-18-24(25)20-19-23(5)17-13-16-22(4)15-12-14-21(2)3/h14,16,19H,6-13,15,17-18,20H2,1-5H3. The van der Waals surface area contributed by atoms with Gasteiger partial charge >= 0.3 is 0 Å². The van der Waals surface area contributed by atoms with Gasteiger partial charge in [-0.2, -0.15) is 0 Å². The third-order valence-electron chi connectivity index (χ3n) is 4.61. The van der Waals surface area contributed by atoms with Crippen molar-refractivity contribution in [2.24, 2.45) is 0 Å². The fraction of sp³-hybridized carbons (Fsp3) is 0.708. The van der Waals surface area contributed by atoms with E-state index < -0.39 is 0 Å². The number of unbranched alkanes of at least 4 members (excludes halogenated alkanes) is 5. The molecule has 0 spiro atoms. The average molecular weight is 347 g/mol. The average Bonchev–Trinajstić information content (AvgIpc) is 2.55. The van der Waals surface area contributed by atoms with Gasteiger partial charge in [0.2, 0.25) is 0 Å². The number of hydrogen-bond donors (Lipinski definition) is 0. The van der Waals surface area contributed by atoms with Crippen molar-refractivity contribution in [3.05, 3.63) is 34.9 Å². The second kappa shape index (κ2) is 16.4. The molecule has 0 saturated carbocycles. The van der Waals surface area contributed by atoms with Gasteiger partial charge in [0.25, 0.3) is 0 Å². The van der Waals surface area contributed by atoms with Crippen molar-refractivity contribution in [2.75, 3.05) is 0 Å². The van der Waals surface area contributed by atoms with Crippen LogP contribution in [0.3, 0.4) is 0 Å². The van der Waals surface area contributed by atoms with Crippen molar-refractivity contribution >= 4 is 5.78 Å². The summed E-state index contributed by atoms with van der Waals surface area (Å²) in [6, 6.07) is 0. The lowest BCUT2D eigenvalue weighted by Crippen LogP contribution is -1.96. The molecule has 0 bridgehead atoms. The third-order valence-corrected chi connectivity index (χ3v) is 4.61. The normalized spacial score (nSPS) is 12.4. The molecule has 0 amide bonds. The molecule has 1 heteroatoms. The molecule has 0 rings (SSSR count). The molecule has 0 unspecified atom stereocenters. The summed E-state index contributed by atoms with van der Waals surface area (Å²) >= 11 is 0. The van der Waals surface area contributed by atoms with Gasteiger partial charge in [-0.15, -0.1) is 0 Å². The van der Waals surface area contributed by atoms with Crippen molar-refractivity contribution in [1.82, 2.24) is 0 Å². The van der Waals surface area contributed by atoms with Crippen LogP contribution in [0.25, 0.3) is 0 Å². The van der Waals surface area contributed by atoms with E-state index in [0.29, 0.717) is 12.2 Å². The largest absolute Gasteiger partial charge is 0.299 e. The predicted octanol–water partition coefficient (Wildman–Crippen LogP) is 8.12. The first-order valence-corrected chi connectivity index (χ1v) is 10.4. The van der Waals surface area contributed by atoms with E-state index >= 15 is 0 Å². The lowest BCUT2D eigenvalue weighted by atomic mass is 10.0. The highest BCUT2D eigenvalue weighted by Gasteiger charge is 2.00. The molecule has 0 aliphatic rings. The molecule has 144 valence electrons. The fourth-order valence-corrected chi connectivity index (χ4v) is 2.83. The van der Waals surface area contributed by atoms with E-state index in [1.54, 1.807) is 0 Å². The molecule has 0 atom stereocenters. The summed E-state index contributed by atoms with van der Waals surface area (Å²) in [5.41, 5.74) is 4.23. The van der Waals surface area contributed by atoms with E-state index in [2.05, 4.69) is 52.8 Å². The van der Waals surface area contributed by atoms with Gasteiger partial charge in [0, 0.05) is 12.8 Å². The highest BCUT2D eigenvalue weighted by atomic mass is 16.1. The Morgan fingerprint density at radius 1 is 0.680 bits per heavy atom. The molecule has 0 aliphatic carbocycles. The van der Waals surface area contributed by atoms with Gasteiger partial charge in [0.1, 0.15) is 5.78 Å². The maximum atomic E-state index is 11.9. The van der Waals surface area contributed by atoms with Crippen molar-refractivity contribution in [1.29, 1.82) is 0 Å². The number of carbonyl (C=O) groups excluding carboxylic acids is 1. The Morgan fingerprint density at radius 3 is 1.88 bits per heavy atom. The number of hydrogen-bond acceptors (Lipinski definition) is 1. The zero-order chi connectivity index (χ0) is 18.9. The summed E-state index contributed by atoms with van der Waals surface area (Å²) in [6.07, 6.45) is 20.2. The monoisotopic (exact) mass is 346 g/mol. The first-order chi connectivity index (χ1) is 12.0. The summed E-state index contributed by atoms with van der Waals surface area (Å²) in [4.78, 5) is 11.9. The van der Waals surface area contributed by atoms with Crippen LogP contribution in [0.5, 0.6) is 0 Å². The number of rotatable bonds is 15. The Bertz CT molecular complexity index is 433. The smallest absolute Gasteiger partial charge is 0.136 e. The van der Waals surface area contributed by atoms with E-state index in [9.17, 15) is 4.79 Å². The number of allylic oxidation sites excluding steroid dienone is 6. The van der Waals surface area contributed by atoms with E-state index in [1.807, 2.05) is 0 Å². The van der Waals surface area contributed by atoms with Crippen molar-refractivity contribution in [3.63, 3.8) is 0 Å². The Labute approximate surface area is 157 Å². The van der Waals surface area contributed by atoms with Crippen LogP contribution in [0.15, 0.2) is 34.9 Å². The van der Waals surface area contributed by atoms with Gasteiger partial charge in [0.15, 0.2) is 0 Å². The molecule has 1 nitrogen and oxygen atoms in total. The van der Waals surface area contributed by atoms with Crippen molar-refractivity contribution < 1.29 is 4.79 Å². The number of Topliss-reactive ketones (excluding diaryl/α,β-unsaturated/α-hetero) is 1. The quantitative estimate of drug-likeness (QED) is 0.216. The van der Waals surface area contributed by atoms with E-state index in [0.717, 1.165) is 38.5 Å². The molecule has 0 N–H and O–H groups in total. The molecule has 25 heavy (non-hydrogen) atoms. The van der Waals surface area contributed by atoms with Gasteiger partial charge in [-0.05, 0) is 59.8 Å². The van der Waals surface area contributed by atoms with Crippen LogP contribution in [0.4, 0.5) is 0 Å². The van der Waals surface area contributed by atoms with Crippen LogP contribution < -0.4 is 0 Å². The topological polar surface area (TPSA) is 17.1 Å². The van der Waals surface area contributed by atoms with Crippen LogP contribution in [0, 0.1) is 0 Å². The van der Waals surface area contributed by atoms with Crippen LogP contribution >= 0.6 is 0 Å². The molecule has 0 radical (unpaired) electrons. The summed E-state index contributed by atoms with van der Waals surface area (Å²) in [7, 11) is 0. The SMILES string of the molecule is CCCCCCCCC(=O)CC=C(C)CCC=C(C)CCC=C(C)C. The molecule has 0 saturated heterocycles. The molecule has 0 aromatic heterocycles. The minimum absolute atomic E-state index is 0.406. The van der Waals surface area contributed by atoms with Crippen LogP contribution in [0.2, 0.25) is 0 Å². The fourth-order valence-electron chi connectivity index (χ4n) is 2.83. The minimum Gasteiger partial charge on any atom is -0.299 e.